The van der Waals surface area contributed by atoms with Crippen molar-refractivity contribution in [2.24, 2.45) is 5.92 Å². The molecule has 160 valence electrons. The van der Waals surface area contributed by atoms with Crippen LogP contribution in [0.15, 0.2) is 42.5 Å². The van der Waals surface area contributed by atoms with E-state index in [2.05, 4.69) is 56.4 Å². The summed E-state index contributed by atoms with van der Waals surface area (Å²) in [5, 5.41) is 2.74. The van der Waals surface area contributed by atoms with E-state index in [0.717, 1.165) is 17.5 Å². The quantitative estimate of drug-likeness (QED) is 0.752. The molecule has 0 aromatic heterocycles. The van der Waals surface area contributed by atoms with E-state index in [1.165, 1.54) is 11.1 Å². The first kappa shape index (κ1) is 21.9. The SMILES string of the molecule is CCNC(=O)COc1ccc2c(c1)[C@H](c1ccc(C)cc1)N(C(=O)CC(C)C)CC2. The van der Waals surface area contributed by atoms with Gasteiger partial charge in [-0.25, -0.2) is 0 Å². The average molecular weight is 409 g/mol. The second-order valence-electron chi connectivity index (χ2n) is 8.35. The van der Waals surface area contributed by atoms with E-state index in [-0.39, 0.29) is 24.5 Å². The van der Waals surface area contributed by atoms with Gasteiger partial charge in [0.15, 0.2) is 6.61 Å². The summed E-state index contributed by atoms with van der Waals surface area (Å²) < 4.78 is 5.73. The standard InChI is InChI=1S/C25H32N2O3/c1-5-26-23(28)16-30-21-11-10-19-12-13-27(24(29)14-17(2)3)25(22(19)15-21)20-8-6-18(4)7-9-20/h6-11,15,17,25H,5,12-14,16H2,1-4H3,(H,26,28)/t25-/m0/s1. The highest BCUT2D eigenvalue weighted by Gasteiger charge is 2.32. The summed E-state index contributed by atoms with van der Waals surface area (Å²) in [4.78, 5) is 26.9. The molecule has 2 amide bonds. The van der Waals surface area contributed by atoms with Gasteiger partial charge in [-0.3, -0.25) is 9.59 Å². The number of nitrogens with zero attached hydrogens (tertiary/aromatic N) is 1. The maximum absolute atomic E-state index is 13.1. The van der Waals surface area contributed by atoms with Crippen molar-refractivity contribution < 1.29 is 14.3 Å². The van der Waals surface area contributed by atoms with E-state index in [1.54, 1.807) is 0 Å². The minimum atomic E-state index is -0.145. The molecule has 30 heavy (non-hydrogen) atoms. The molecule has 1 aliphatic heterocycles. The Morgan fingerprint density at radius 1 is 1.17 bits per heavy atom. The van der Waals surface area contributed by atoms with Gasteiger partial charge >= 0.3 is 0 Å². The third-order valence-corrected chi connectivity index (χ3v) is 5.39. The predicted molar refractivity (Wildman–Crippen MR) is 119 cm³/mol. The second-order valence-corrected chi connectivity index (χ2v) is 8.35. The topological polar surface area (TPSA) is 58.6 Å². The van der Waals surface area contributed by atoms with Gasteiger partial charge in [-0.15, -0.1) is 0 Å². The molecule has 0 fully saturated rings. The minimum absolute atomic E-state index is 0.0161. The summed E-state index contributed by atoms with van der Waals surface area (Å²) >= 11 is 0. The van der Waals surface area contributed by atoms with Crippen LogP contribution in [0.1, 0.15) is 55.5 Å². The van der Waals surface area contributed by atoms with Crippen molar-refractivity contribution in [1.29, 1.82) is 0 Å². The molecule has 0 radical (unpaired) electrons. The largest absolute Gasteiger partial charge is 0.484 e. The summed E-state index contributed by atoms with van der Waals surface area (Å²) in [5.74, 6) is 0.994. The number of amides is 2. The van der Waals surface area contributed by atoms with Gasteiger partial charge in [0.25, 0.3) is 5.91 Å². The van der Waals surface area contributed by atoms with Crippen LogP contribution in [0.5, 0.6) is 5.75 Å². The Morgan fingerprint density at radius 3 is 2.57 bits per heavy atom. The van der Waals surface area contributed by atoms with Gasteiger partial charge < -0.3 is 15.0 Å². The Labute approximate surface area is 179 Å². The lowest BCUT2D eigenvalue weighted by Gasteiger charge is -2.38. The van der Waals surface area contributed by atoms with Crippen LogP contribution in [0.3, 0.4) is 0 Å². The van der Waals surface area contributed by atoms with Crippen LogP contribution in [-0.4, -0.2) is 36.4 Å². The summed E-state index contributed by atoms with van der Waals surface area (Å²) in [6.07, 6.45) is 1.35. The zero-order valence-electron chi connectivity index (χ0n) is 18.4. The number of benzene rings is 2. The monoisotopic (exact) mass is 408 g/mol. The maximum atomic E-state index is 13.1. The zero-order chi connectivity index (χ0) is 21.7. The molecule has 0 unspecified atom stereocenters. The molecule has 2 aromatic carbocycles. The van der Waals surface area contributed by atoms with E-state index in [1.807, 2.05) is 24.0 Å². The van der Waals surface area contributed by atoms with Gasteiger partial charge in [0.2, 0.25) is 5.91 Å². The molecule has 1 atom stereocenters. The van der Waals surface area contributed by atoms with Crippen molar-refractivity contribution >= 4 is 11.8 Å². The first-order valence-corrected chi connectivity index (χ1v) is 10.8. The fourth-order valence-electron chi connectivity index (χ4n) is 3.92. The number of carbonyl (C=O) groups is 2. The Hall–Kier alpha value is -2.82. The van der Waals surface area contributed by atoms with Gasteiger partial charge in [-0.1, -0.05) is 49.7 Å². The van der Waals surface area contributed by atoms with Crippen molar-refractivity contribution in [1.82, 2.24) is 10.2 Å². The second kappa shape index (κ2) is 9.79. The number of carbonyl (C=O) groups excluding carboxylic acids is 2. The molecule has 1 N–H and O–H groups in total. The molecule has 1 heterocycles. The highest BCUT2D eigenvalue weighted by molar-refractivity contribution is 5.78. The Bertz CT molecular complexity index is 890. The van der Waals surface area contributed by atoms with Gasteiger partial charge in [0.1, 0.15) is 5.75 Å². The fourth-order valence-corrected chi connectivity index (χ4v) is 3.92. The first-order chi connectivity index (χ1) is 14.4. The number of fused-ring (bicyclic) bond motifs is 1. The summed E-state index contributed by atoms with van der Waals surface area (Å²) in [7, 11) is 0. The van der Waals surface area contributed by atoms with E-state index in [0.29, 0.717) is 31.2 Å². The number of aryl methyl sites for hydroxylation is 1. The molecule has 5 heteroatoms. The highest BCUT2D eigenvalue weighted by Crippen LogP contribution is 2.37. The molecular weight excluding hydrogens is 376 g/mol. The molecule has 0 saturated carbocycles. The number of hydrogen-bond donors (Lipinski definition) is 1. The Balaban J connectivity index is 1.95. The van der Waals surface area contributed by atoms with Crippen LogP contribution in [-0.2, 0) is 16.0 Å². The Kier molecular flexibility index (Phi) is 7.14. The normalized spacial score (nSPS) is 15.6. The molecule has 0 saturated heterocycles. The van der Waals surface area contributed by atoms with Crippen LogP contribution in [0.4, 0.5) is 0 Å². The maximum Gasteiger partial charge on any atom is 0.257 e. The van der Waals surface area contributed by atoms with E-state index < -0.39 is 0 Å². The van der Waals surface area contributed by atoms with Crippen molar-refractivity contribution in [3.63, 3.8) is 0 Å². The van der Waals surface area contributed by atoms with Gasteiger partial charge in [0.05, 0.1) is 6.04 Å². The lowest BCUT2D eigenvalue weighted by molar-refractivity contribution is -0.134. The smallest absolute Gasteiger partial charge is 0.257 e. The molecule has 2 aromatic rings. The van der Waals surface area contributed by atoms with E-state index >= 15 is 0 Å². The fraction of sp³-hybridized carbons (Fsp3) is 0.440. The molecule has 0 bridgehead atoms. The lowest BCUT2D eigenvalue weighted by Crippen LogP contribution is -2.41. The first-order valence-electron chi connectivity index (χ1n) is 10.8. The zero-order valence-corrected chi connectivity index (χ0v) is 18.4. The van der Waals surface area contributed by atoms with Crippen LogP contribution in [0.2, 0.25) is 0 Å². The van der Waals surface area contributed by atoms with Gasteiger partial charge in [-0.05, 0) is 55.0 Å². The van der Waals surface area contributed by atoms with Gasteiger partial charge in [0, 0.05) is 19.5 Å². The van der Waals surface area contributed by atoms with Crippen LogP contribution >= 0.6 is 0 Å². The number of hydrogen-bond acceptors (Lipinski definition) is 3. The summed E-state index contributed by atoms with van der Waals surface area (Å²) in [6, 6.07) is 14.2. The molecule has 3 rings (SSSR count). The summed E-state index contributed by atoms with van der Waals surface area (Å²) in [5.41, 5.74) is 4.59. The van der Waals surface area contributed by atoms with Crippen molar-refractivity contribution in [3.05, 3.63) is 64.7 Å². The van der Waals surface area contributed by atoms with Crippen molar-refractivity contribution in [2.75, 3.05) is 19.7 Å². The third-order valence-electron chi connectivity index (χ3n) is 5.39. The predicted octanol–water partition coefficient (Wildman–Crippen LogP) is 4.03. The number of likely N-dealkylation sites (N-methyl/N-ethyl adjacent to an activating group) is 1. The van der Waals surface area contributed by atoms with Crippen LogP contribution < -0.4 is 10.1 Å². The molecule has 0 aliphatic carbocycles. The Morgan fingerprint density at radius 2 is 1.90 bits per heavy atom. The van der Waals surface area contributed by atoms with Crippen molar-refractivity contribution in [2.45, 2.75) is 46.6 Å². The van der Waals surface area contributed by atoms with Crippen LogP contribution in [0, 0.1) is 12.8 Å². The highest BCUT2D eigenvalue weighted by atomic mass is 16.5. The average Bonchev–Trinajstić information content (AvgIpc) is 2.71. The number of rotatable bonds is 7. The third kappa shape index (κ3) is 5.21. The molecule has 0 spiro atoms. The van der Waals surface area contributed by atoms with Crippen molar-refractivity contribution in [3.8, 4) is 5.75 Å². The minimum Gasteiger partial charge on any atom is -0.484 e. The lowest BCUT2D eigenvalue weighted by atomic mass is 9.87. The molecule has 1 aliphatic rings. The van der Waals surface area contributed by atoms with Crippen LogP contribution in [0.25, 0.3) is 0 Å². The molecule has 5 nitrogen and oxygen atoms in total. The molecular formula is C25H32N2O3. The van der Waals surface area contributed by atoms with E-state index in [4.69, 9.17) is 4.74 Å². The van der Waals surface area contributed by atoms with Gasteiger partial charge in [-0.2, -0.15) is 0 Å². The summed E-state index contributed by atoms with van der Waals surface area (Å²) in [6.45, 7) is 9.36. The van der Waals surface area contributed by atoms with E-state index in [9.17, 15) is 9.59 Å². The number of nitrogens with one attached hydrogen (secondary N) is 1. The number of ether oxygens (including phenoxy) is 1.